The van der Waals surface area contributed by atoms with Gasteiger partial charge in [0, 0.05) is 12.1 Å². The van der Waals surface area contributed by atoms with Gasteiger partial charge in [-0.15, -0.1) is 0 Å². The standard InChI is InChI=1S/C6H11NO2.C6H9NO2/c2*7-5-2-1-4(3-5)6(8)9/h4-5H,1-3,7H2,(H,8,9);1-2,4-5H,3,7H2,(H,8,9). The Hall–Kier alpha value is -1.40. The van der Waals surface area contributed by atoms with Crippen molar-refractivity contribution in [1.82, 2.24) is 0 Å². The van der Waals surface area contributed by atoms with Crippen LogP contribution in [0.3, 0.4) is 0 Å². The molecule has 0 saturated heterocycles. The summed E-state index contributed by atoms with van der Waals surface area (Å²) in [5, 5.41) is 16.9. The molecule has 0 radical (unpaired) electrons. The van der Waals surface area contributed by atoms with Crippen LogP contribution in [0.25, 0.3) is 0 Å². The lowest BCUT2D eigenvalue weighted by molar-refractivity contribution is -0.142. The lowest BCUT2D eigenvalue weighted by Crippen LogP contribution is -2.18. The van der Waals surface area contributed by atoms with Crippen molar-refractivity contribution in [3.63, 3.8) is 0 Å². The Morgan fingerprint density at radius 3 is 1.89 bits per heavy atom. The highest BCUT2D eigenvalue weighted by Crippen LogP contribution is 2.23. The molecule has 6 heteroatoms. The number of aliphatic carboxylic acids is 2. The molecule has 0 bridgehead atoms. The van der Waals surface area contributed by atoms with Crippen LogP contribution in [0.15, 0.2) is 12.2 Å². The van der Waals surface area contributed by atoms with Crippen molar-refractivity contribution in [3.8, 4) is 0 Å². The number of carboxylic acid groups (broad SMARTS) is 2. The van der Waals surface area contributed by atoms with Crippen LogP contribution in [-0.2, 0) is 9.59 Å². The normalized spacial score (nSPS) is 33.9. The van der Waals surface area contributed by atoms with Crippen molar-refractivity contribution in [3.05, 3.63) is 12.2 Å². The maximum atomic E-state index is 10.3. The molecule has 2 aliphatic carbocycles. The molecular formula is C12H20N2O4. The maximum absolute atomic E-state index is 10.3. The topological polar surface area (TPSA) is 127 Å². The van der Waals surface area contributed by atoms with E-state index >= 15 is 0 Å². The Bertz CT molecular complexity index is 343. The first kappa shape index (κ1) is 14.7. The fourth-order valence-electron chi connectivity index (χ4n) is 2.15. The van der Waals surface area contributed by atoms with E-state index < -0.39 is 11.9 Å². The molecule has 102 valence electrons. The van der Waals surface area contributed by atoms with Gasteiger partial charge in [0.1, 0.15) is 0 Å². The monoisotopic (exact) mass is 256 g/mol. The summed E-state index contributed by atoms with van der Waals surface area (Å²) < 4.78 is 0. The first-order valence-electron chi connectivity index (χ1n) is 6.05. The van der Waals surface area contributed by atoms with Gasteiger partial charge in [-0.05, 0) is 25.7 Å². The SMILES string of the molecule is NC1C=CC(C(=O)O)C1.NC1CCC(C(=O)O)C1. The van der Waals surface area contributed by atoms with E-state index in [2.05, 4.69) is 0 Å². The van der Waals surface area contributed by atoms with Crippen molar-refractivity contribution >= 4 is 11.9 Å². The third-order valence-corrected chi connectivity index (χ3v) is 3.26. The second-order valence-corrected chi connectivity index (χ2v) is 4.84. The molecule has 0 spiro atoms. The van der Waals surface area contributed by atoms with E-state index in [0.29, 0.717) is 12.8 Å². The second kappa shape index (κ2) is 6.51. The van der Waals surface area contributed by atoms with Crippen LogP contribution in [0.1, 0.15) is 25.7 Å². The molecule has 0 aromatic carbocycles. The summed E-state index contributed by atoms with van der Waals surface area (Å²) in [5.74, 6) is -1.98. The van der Waals surface area contributed by atoms with Crippen LogP contribution in [0.4, 0.5) is 0 Å². The molecule has 0 heterocycles. The smallest absolute Gasteiger partial charge is 0.310 e. The zero-order valence-corrected chi connectivity index (χ0v) is 10.2. The van der Waals surface area contributed by atoms with Gasteiger partial charge < -0.3 is 21.7 Å². The minimum absolute atomic E-state index is 0.0499. The summed E-state index contributed by atoms with van der Waals surface area (Å²) in [4.78, 5) is 20.5. The third kappa shape index (κ3) is 4.46. The summed E-state index contributed by atoms with van der Waals surface area (Å²) in [7, 11) is 0. The van der Waals surface area contributed by atoms with Gasteiger partial charge in [0.15, 0.2) is 0 Å². The third-order valence-electron chi connectivity index (χ3n) is 3.26. The Kier molecular flexibility index (Phi) is 5.30. The van der Waals surface area contributed by atoms with E-state index in [-0.39, 0.29) is 23.9 Å². The molecule has 0 aliphatic heterocycles. The van der Waals surface area contributed by atoms with Crippen LogP contribution in [0.2, 0.25) is 0 Å². The molecule has 2 aliphatic rings. The van der Waals surface area contributed by atoms with Gasteiger partial charge in [0.05, 0.1) is 11.8 Å². The van der Waals surface area contributed by atoms with Gasteiger partial charge in [-0.3, -0.25) is 9.59 Å². The fourth-order valence-corrected chi connectivity index (χ4v) is 2.15. The van der Waals surface area contributed by atoms with Crippen molar-refractivity contribution < 1.29 is 19.8 Å². The summed E-state index contributed by atoms with van der Waals surface area (Å²) in [6, 6.07) is 0.0807. The van der Waals surface area contributed by atoms with Crippen LogP contribution in [0.5, 0.6) is 0 Å². The average Bonchev–Trinajstić information content (AvgIpc) is 2.88. The van der Waals surface area contributed by atoms with E-state index in [0.717, 1.165) is 12.8 Å². The molecule has 2 rings (SSSR count). The summed E-state index contributed by atoms with van der Waals surface area (Å²) in [5.41, 5.74) is 10.9. The molecular weight excluding hydrogens is 236 g/mol. The lowest BCUT2D eigenvalue weighted by atomic mass is 10.1. The largest absolute Gasteiger partial charge is 0.481 e. The molecule has 6 N–H and O–H groups in total. The van der Waals surface area contributed by atoms with Crippen molar-refractivity contribution in [1.29, 1.82) is 0 Å². The number of hydrogen-bond acceptors (Lipinski definition) is 4. The minimum atomic E-state index is -0.779. The quantitative estimate of drug-likeness (QED) is 0.522. The Morgan fingerprint density at radius 2 is 1.67 bits per heavy atom. The molecule has 0 aromatic rings. The minimum Gasteiger partial charge on any atom is -0.481 e. The summed E-state index contributed by atoms with van der Waals surface area (Å²) in [6.45, 7) is 0. The van der Waals surface area contributed by atoms with E-state index in [1.54, 1.807) is 12.2 Å². The average molecular weight is 256 g/mol. The second-order valence-electron chi connectivity index (χ2n) is 4.84. The van der Waals surface area contributed by atoms with Gasteiger partial charge in [0.2, 0.25) is 0 Å². The number of carboxylic acids is 2. The van der Waals surface area contributed by atoms with Crippen LogP contribution >= 0.6 is 0 Å². The number of hydrogen-bond donors (Lipinski definition) is 4. The predicted molar refractivity (Wildman–Crippen MR) is 65.8 cm³/mol. The zero-order chi connectivity index (χ0) is 13.7. The first-order valence-corrected chi connectivity index (χ1v) is 6.05. The van der Waals surface area contributed by atoms with Crippen LogP contribution in [-0.4, -0.2) is 34.2 Å². The predicted octanol–water partition coefficient (Wildman–Crippen LogP) is 0.173. The van der Waals surface area contributed by atoms with Crippen molar-refractivity contribution in [2.24, 2.45) is 23.3 Å². The lowest BCUT2D eigenvalue weighted by Gasteiger charge is -2.00. The van der Waals surface area contributed by atoms with Gasteiger partial charge in [-0.25, -0.2) is 0 Å². The Labute approximate surface area is 106 Å². The molecule has 18 heavy (non-hydrogen) atoms. The van der Waals surface area contributed by atoms with Crippen molar-refractivity contribution in [2.75, 3.05) is 0 Å². The highest BCUT2D eigenvalue weighted by atomic mass is 16.4. The zero-order valence-electron chi connectivity index (χ0n) is 10.2. The molecule has 1 fully saturated rings. The van der Waals surface area contributed by atoms with Crippen LogP contribution < -0.4 is 11.5 Å². The molecule has 1 saturated carbocycles. The first-order chi connectivity index (χ1) is 8.40. The van der Waals surface area contributed by atoms with Gasteiger partial charge in [-0.2, -0.15) is 0 Å². The summed E-state index contributed by atoms with van der Waals surface area (Å²) in [6.07, 6.45) is 6.23. The van der Waals surface area contributed by atoms with Gasteiger partial charge in [0.25, 0.3) is 0 Å². The Balaban J connectivity index is 0.000000180. The highest BCUT2D eigenvalue weighted by molar-refractivity contribution is 5.73. The van der Waals surface area contributed by atoms with Crippen LogP contribution in [0, 0.1) is 11.8 Å². The number of nitrogens with two attached hydrogens (primary N) is 2. The van der Waals surface area contributed by atoms with Crippen molar-refractivity contribution in [2.45, 2.75) is 37.8 Å². The highest BCUT2D eigenvalue weighted by Gasteiger charge is 2.26. The number of rotatable bonds is 2. The fraction of sp³-hybridized carbons (Fsp3) is 0.667. The molecule has 0 amide bonds. The molecule has 6 nitrogen and oxygen atoms in total. The van der Waals surface area contributed by atoms with Gasteiger partial charge in [-0.1, -0.05) is 12.2 Å². The molecule has 4 unspecified atom stereocenters. The van der Waals surface area contributed by atoms with E-state index in [1.165, 1.54) is 0 Å². The Morgan fingerprint density at radius 1 is 1.00 bits per heavy atom. The van der Waals surface area contributed by atoms with E-state index in [9.17, 15) is 9.59 Å². The molecule has 4 atom stereocenters. The molecule has 0 aromatic heterocycles. The summed E-state index contributed by atoms with van der Waals surface area (Å²) >= 11 is 0. The van der Waals surface area contributed by atoms with E-state index in [1.807, 2.05) is 0 Å². The maximum Gasteiger partial charge on any atom is 0.310 e. The number of carbonyl (C=O) groups is 2. The van der Waals surface area contributed by atoms with E-state index in [4.69, 9.17) is 21.7 Å². The van der Waals surface area contributed by atoms with Gasteiger partial charge >= 0.3 is 11.9 Å².